The van der Waals surface area contributed by atoms with Crippen molar-refractivity contribution in [1.82, 2.24) is 0 Å². The van der Waals surface area contributed by atoms with Gasteiger partial charge in [-0.05, 0) is 5.18 Å². The maximum Gasteiger partial charge on any atom is 0.154 e. The third kappa shape index (κ3) is 3.83. The number of rotatable bonds is 5. The Kier molecular flexibility index (Phi) is 5.03. The van der Waals surface area contributed by atoms with Gasteiger partial charge in [0.15, 0.2) is 6.29 Å². The molecule has 1 N–H and O–H groups in total. The minimum atomic E-state index is -0.00210. The summed E-state index contributed by atoms with van der Waals surface area (Å²) in [5.74, 6) is 0. The molecule has 17 heavy (non-hydrogen) atoms. The van der Waals surface area contributed by atoms with Crippen LogP contribution in [-0.4, -0.2) is 17.6 Å². The van der Waals surface area contributed by atoms with E-state index in [2.05, 4.69) is 10.2 Å². The van der Waals surface area contributed by atoms with Crippen LogP contribution in [0.25, 0.3) is 5.70 Å². The first-order chi connectivity index (χ1) is 8.31. The van der Waals surface area contributed by atoms with Crippen molar-refractivity contribution in [2.45, 2.75) is 0 Å². The highest BCUT2D eigenvalue weighted by Gasteiger charge is 1.98. The first-order valence-electron chi connectivity index (χ1n) is 4.73. The Balaban J connectivity index is 3.01. The third-order valence-corrected chi connectivity index (χ3v) is 1.88. The van der Waals surface area contributed by atoms with Crippen molar-refractivity contribution in [3.8, 4) is 0 Å². The molecule has 5 nitrogen and oxygen atoms in total. The van der Waals surface area contributed by atoms with Gasteiger partial charge in [0.2, 0.25) is 0 Å². The second-order valence-corrected chi connectivity index (χ2v) is 2.99. The number of nitroso groups, excluding NO2 is 1. The summed E-state index contributed by atoms with van der Waals surface area (Å²) in [6, 6.07) is 8.89. The molecule has 1 aromatic rings. The number of benzene rings is 1. The summed E-state index contributed by atoms with van der Waals surface area (Å²) >= 11 is 0. The normalized spacial score (nSPS) is 12.7. The minimum Gasteiger partial charge on any atom is -0.515 e. The number of aliphatic hydroxyl groups excluding tert-OH is 1. The van der Waals surface area contributed by atoms with E-state index in [1.807, 2.05) is 6.07 Å². The van der Waals surface area contributed by atoms with Gasteiger partial charge in [-0.15, -0.1) is 4.91 Å². The molecule has 86 valence electrons. The molecule has 0 fully saturated rings. The summed E-state index contributed by atoms with van der Waals surface area (Å²) in [6.45, 7) is 0. The average Bonchev–Trinajstić information content (AvgIpc) is 2.39. The lowest BCUT2D eigenvalue weighted by Gasteiger charge is -1.98. The van der Waals surface area contributed by atoms with Gasteiger partial charge in [0, 0.05) is 11.8 Å². The molecule has 1 aromatic carbocycles. The third-order valence-electron chi connectivity index (χ3n) is 1.88. The fraction of sp³-hybridized carbons (Fsp3) is 0. The quantitative estimate of drug-likeness (QED) is 0.277. The maximum atomic E-state index is 10.4. The summed E-state index contributed by atoms with van der Waals surface area (Å²) in [4.78, 5) is 24.6. The van der Waals surface area contributed by atoms with Gasteiger partial charge in [0.25, 0.3) is 0 Å². The van der Waals surface area contributed by atoms with Crippen LogP contribution in [0.2, 0.25) is 0 Å². The first-order valence-corrected chi connectivity index (χ1v) is 4.73. The minimum absolute atomic E-state index is 0.00210. The van der Waals surface area contributed by atoms with E-state index in [9.17, 15) is 9.70 Å². The van der Waals surface area contributed by atoms with Crippen LogP contribution in [0, 0.1) is 4.91 Å². The van der Waals surface area contributed by atoms with E-state index >= 15 is 0 Å². The van der Waals surface area contributed by atoms with Gasteiger partial charge in [-0.2, -0.15) is 0 Å². The number of nitrogens with zero attached hydrogens (tertiary/aromatic N) is 2. The molecule has 0 atom stereocenters. The molecular formula is C12H10N2O3. The molecule has 0 aliphatic carbocycles. The predicted molar refractivity (Wildman–Crippen MR) is 65.5 cm³/mol. The van der Waals surface area contributed by atoms with Gasteiger partial charge in [-0.1, -0.05) is 30.3 Å². The molecule has 0 aliphatic heterocycles. The van der Waals surface area contributed by atoms with E-state index in [1.165, 1.54) is 0 Å². The molecule has 5 heteroatoms. The van der Waals surface area contributed by atoms with E-state index in [-0.39, 0.29) is 5.57 Å². The Morgan fingerprint density at radius 3 is 2.47 bits per heavy atom. The van der Waals surface area contributed by atoms with Crippen LogP contribution >= 0.6 is 0 Å². The van der Waals surface area contributed by atoms with Gasteiger partial charge < -0.3 is 5.11 Å². The topological polar surface area (TPSA) is 79.1 Å². The van der Waals surface area contributed by atoms with E-state index in [4.69, 9.17) is 5.11 Å². The molecular weight excluding hydrogens is 220 g/mol. The number of hydrogen-bond acceptors (Lipinski definition) is 5. The second kappa shape index (κ2) is 6.84. The highest BCUT2D eigenvalue weighted by Crippen LogP contribution is 2.15. The summed E-state index contributed by atoms with van der Waals surface area (Å²) in [6.07, 6.45) is 3.26. The standard InChI is InChI=1S/C12H10N2O3/c15-8-10(9-16)6-13-12(7-14-17)11-4-2-1-3-5-11/h1-9,15H/b10-8?,12-7+,13-6?. The zero-order chi connectivity index (χ0) is 12.5. The number of aliphatic hydroxyl groups is 1. The summed E-state index contributed by atoms with van der Waals surface area (Å²) < 4.78 is 0. The summed E-state index contributed by atoms with van der Waals surface area (Å²) in [7, 11) is 0. The lowest BCUT2D eigenvalue weighted by atomic mass is 10.2. The number of allylic oxidation sites excluding steroid dienone is 1. The van der Waals surface area contributed by atoms with Crippen LogP contribution in [0.15, 0.2) is 58.5 Å². The van der Waals surface area contributed by atoms with E-state index in [1.54, 1.807) is 24.3 Å². The molecule has 0 heterocycles. The van der Waals surface area contributed by atoms with Crippen molar-refractivity contribution in [3.63, 3.8) is 0 Å². The molecule has 0 spiro atoms. The fourth-order valence-electron chi connectivity index (χ4n) is 1.08. The number of carbonyl (C=O) groups is 1. The molecule has 0 radical (unpaired) electrons. The molecule has 0 aliphatic rings. The van der Waals surface area contributed by atoms with Crippen LogP contribution in [0.5, 0.6) is 0 Å². The van der Waals surface area contributed by atoms with Crippen LogP contribution < -0.4 is 0 Å². The van der Waals surface area contributed by atoms with Gasteiger partial charge >= 0.3 is 0 Å². The average molecular weight is 230 g/mol. The molecule has 1 rings (SSSR count). The van der Waals surface area contributed by atoms with Gasteiger partial charge in [0.1, 0.15) is 0 Å². The SMILES string of the molecule is O=CC(C=N/C(=C/N=O)c1ccccc1)=CO. The number of aliphatic imine (C=N–C) groups is 1. The second-order valence-electron chi connectivity index (χ2n) is 2.99. The number of carbonyl (C=O) groups excluding carboxylic acids is 1. The molecule has 0 aromatic heterocycles. The van der Waals surface area contributed by atoms with Crippen molar-refractivity contribution in [2.75, 3.05) is 0 Å². The van der Waals surface area contributed by atoms with E-state index < -0.39 is 0 Å². The smallest absolute Gasteiger partial charge is 0.154 e. The van der Waals surface area contributed by atoms with Crippen molar-refractivity contribution >= 4 is 18.2 Å². The monoisotopic (exact) mass is 230 g/mol. The Bertz CT molecular complexity index is 476. The van der Waals surface area contributed by atoms with E-state index in [0.717, 1.165) is 12.4 Å². The molecule has 0 saturated carbocycles. The Hall–Kier alpha value is -2.56. The van der Waals surface area contributed by atoms with Gasteiger partial charge in [-0.3, -0.25) is 9.79 Å². The van der Waals surface area contributed by atoms with Crippen LogP contribution in [-0.2, 0) is 4.79 Å². The van der Waals surface area contributed by atoms with Gasteiger partial charge in [-0.25, -0.2) is 0 Å². The van der Waals surface area contributed by atoms with Crippen LogP contribution in [0.1, 0.15) is 5.56 Å². The zero-order valence-electron chi connectivity index (χ0n) is 8.85. The zero-order valence-corrected chi connectivity index (χ0v) is 8.85. The summed E-state index contributed by atoms with van der Waals surface area (Å²) in [5.41, 5.74) is 0.992. The molecule has 0 bridgehead atoms. The molecule has 0 unspecified atom stereocenters. The van der Waals surface area contributed by atoms with Crippen molar-refractivity contribution < 1.29 is 9.90 Å². The maximum absolute atomic E-state index is 10.4. The van der Waals surface area contributed by atoms with Crippen molar-refractivity contribution in [2.24, 2.45) is 10.2 Å². The van der Waals surface area contributed by atoms with E-state index in [0.29, 0.717) is 23.8 Å². The number of aldehydes is 1. The molecule has 0 saturated heterocycles. The first kappa shape index (κ1) is 12.5. The predicted octanol–water partition coefficient (Wildman–Crippen LogP) is 2.46. The Morgan fingerprint density at radius 2 is 1.94 bits per heavy atom. The Morgan fingerprint density at radius 1 is 1.24 bits per heavy atom. The lowest BCUT2D eigenvalue weighted by Crippen LogP contribution is -1.88. The van der Waals surface area contributed by atoms with Crippen molar-refractivity contribution in [3.05, 3.63) is 58.8 Å². The molecule has 0 amide bonds. The van der Waals surface area contributed by atoms with Crippen molar-refractivity contribution in [1.29, 1.82) is 0 Å². The van der Waals surface area contributed by atoms with Crippen LogP contribution in [0.4, 0.5) is 0 Å². The van der Waals surface area contributed by atoms with Crippen LogP contribution in [0.3, 0.4) is 0 Å². The lowest BCUT2D eigenvalue weighted by molar-refractivity contribution is -0.104. The largest absolute Gasteiger partial charge is 0.515 e. The highest BCUT2D eigenvalue weighted by molar-refractivity contribution is 6.03. The Labute approximate surface area is 97.8 Å². The number of hydrogen-bond donors (Lipinski definition) is 1. The summed E-state index contributed by atoms with van der Waals surface area (Å²) in [5, 5.41) is 11.3. The van der Waals surface area contributed by atoms with Gasteiger partial charge in [0.05, 0.1) is 23.7 Å². The fourth-order valence-corrected chi connectivity index (χ4v) is 1.08. The highest BCUT2D eigenvalue weighted by atomic mass is 16.3.